The number of alkyl carbamates (subject to hydrolysis) is 1. The van der Waals surface area contributed by atoms with Crippen LogP contribution in [0.5, 0.6) is 0 Å². The minimum atomic E-state index is -0.329. The first-order chi connectivity index (χ1) is 9.76. The zero-order valence-electron chi connectivity index (χ0n) is 12.3. The Morgan fingerprint density at radius 1 is 1.40 bits per heavy atom. The molecule has 0 heterocycles. The SMILES string of the molecule is C=CC[C@H](CCCc1ccccc1)CNC(=O)OCC. The van der Waals surface area contributed by atoms with Gasteiger partial charge in [-0.05, 0) is 44.1 Å². The summed E-state index contributed by atoms with van der Waals surface area (Å²) < 4.78 is 4.87. The third-order valence-corrected chi connectivity index (χ3v) is 3.23. The topological polar surface area (TPSA) is 38.3 Å². The van der Waals surface area contributed by atoms with Gasteiger partial charge in [-0.15, -0.1) is 6.58 Å². The third kappa shape index (κ3) is 6.98. The van der Waals surface area contributed by atoms with E-state index in [2.05, 4.69) is 36.2 Å². The zero-order valence-corrected chi connectivity index (χ0v) is 12.3. The van der Waals surface area contributed by atoms with E-state index < -0.39 is 0 Å². The lowest BCUT2D eigenvalue weighted by molar-refractivity contribution is 0.150. The maximum Gasteiger partial charge on any atom is 0.407 e. The van der Waals surface area contributed by atoms with E-state index in [0.29, 0.717) is 19.1 Å². The van der Waals surface area contributed by atoms with Crippen molar-refractivity contribution in [2.75, 3.05) is 13.2 Å². The second-order valence-corrected chi connectivity index (χ2v) is 4.87. The van der Waals surface area contributed by atoms with Gasteiger partial charge in [-0.2, -0.15) is 0 Å². The first kappa shape index (κ1) is 16.3. The molecule has 0 aliphatic rings. The Kier molecular flexibility index (Phi) is 8.20. The molecule has 1 aromatic rings. The molecule has 1 atom stereocenters. The molecule has 0 spiro atoms. The molecular weight excluding hydrogens is 250 g/mol. The molecule has 3 nitrogen and oxygen atoms in total. The van der Waals surface area contributed by atoms with Crippen LogP contribution >= 0.6 is 0 Å². The summed E-state index contributed by atoms with van der Waals surface area (Å²) in [6, 6.07) is 10.5. The Morgan fingerprint density at radius 3 is 2.80 bits per heavy atom. The molecule has 0 bridgehead atoms. The molecule has 0 radical (unpaired) electrons. The summed E-state index contributed by atoms with van der Waals surface area (Å²) in [6.45, 7) is 6.65. The summed E-state index contributed by atoms with van der Waals surface area (Å²) in [6.07, 6.45) is 5.78. The van der Waals surface area contributed by atoms with E-state index in [4.69, 9.17) is 4.74 Å². The lowest BCUT2D eigenvalue weighted by atomic mass is 9.96. The average Bonchev–Trinajstić information content (AvgIpc) is 2.46. The van der Waals surface area contributed by atoms with Crippen LogP contribution in [0.2, 0.25) is 0 Å². The maximum atomic E-state index is 11.3. The summed E-state index contributed by atoms with van der Waals surface area (Å²) in [5.74, 6) is 0.431. The molecule has 1 aromatic carbocycles. The number of allylic oxidation sites excluding steroid dienone is 1. The average molecular weight is 275 g/mol. The summed E-state index contributed by atoms with van der Waals surface area (Å²) in [5, 5.41) is 2.81. The molecule has 1 N–H and O–H groups in total. The van der Waals surface area contributed by atoms with Gasteiger partial charge in [0.25, 0.3) is 0 Å². The van der Waals surface area contributed by atoms with Crippen LogP contribution in [0.1, 0.15) is 31.7 Å². The van der Waals surface area contributed by atoms with Crippen LogP contribution < -0.4 is 5.32 Å². The monoisotopic (exact) mass is 275 g/mol. The number of nitrogens with one attached hydrogen (secondary N) is 1. The molecule has 0 fully saturated rings. The summed E-state index contributed by atoms with van der Waals surface area (Å²) >= 11 is 0. The first-order valence-corrected chi connectivity index (χ1v) is 7.31. The Labute approximate surface area is 122 Å². The highest BCUT2D eigenvalue weighted by Gasteiger charge is 2.09. The number of ether oxygens (including phenoxy) is 1. The van der Waals surface area contributed by atoms with Gasteiger partial charge in [-0.3, -0.25) is 0 Å². The molecule has 0 aromatic heterocycles. The summed E-state index contributed by atoms with van der Waals surface area (Å²) in [7, 11) is 0. The Hall–Kier alpha value is -1.77. The van der Waals surface area contributed by atoms with Crippen molar-refractivity contribution in [3.8, 4) is 0 Å². The van der Waals surface area contributed by atoms with E-state index >= 15 is 0 Å². The fraction of sp³-hybridized carbons (Fsp3) is 0.471. The van der Waals surface area contributed by atoms with E-state index in [9.17, 15) is 4.79 Å². The fourth-order valence-electron chi connectivity index (χ4n) is 2.19. The number of hydrogen-bond acceptors (Lipinski definition) is 2. The Morgan fingerprint density at radius 2 is 2.15 bits per heavy atom. The second kappa shape index (κ2) is 10.1. The molecule has 0 aliphatic heterocycles. The molecule has 1 amide bonds. The second-order valence-electron chi connectivity index (χ2n) is 4.87. The quantitative estimate of drug-likeness (QED) is 0.693. The standard InChI is InChI=1S/C17H25NO2/c1-3-9-16(14-18-17(19)20-4-2)13-8-12-15-10-6-5-7-11-15/h3,5-7,10-11,16H,1,4,8-9,12-14H2,2H3,(H,18,19)/t16-/m1/s1. The maximum absolute atomic E-state index is 11.3. The largest absolute Gasteiger partial charge is 0.450 e. The predicted molar refractivity (Wildman–Crippen MR) is 82.7 cm³/mol. The van der Waals surface area contributed by atoms with E-state index in [1.165, 1.54) is 5.56 Å². The number of carbonyl (C=O) groups excluding carboxylic acids is 1. The molecule has 0 unspecified atom stereocenters. The minimum Gasteiger partial charge on any atom is -0.450 e. The normalized spacial score (nSPS) is 11.7. The molecule has 0 saturated heterocycles. The van der Waals surface area contributed by atoms with E-state index in [-0.39, 0.29) is 6.09 Å². The van der Waals surface area contributed by atoms with E-state index in [0.717, 1.165) is 25.7 Å². The highest BCUT2D eigenvalue weighted by molar-refractivity contribution is 5.66. The van der Waals surface area contributed by atoms with Gasteiger partial charge in [0, 0.05) is 6.54 Å². The van der Waals surface area contributed by atoms with Gasteiger partial charge < -0.3 is 10.1 Å². The molecule has 0 aliphatic carbocycles. The van der Waals surface area contributed by atoms with Crippen LogP contribution in [-0.2, 0) is 11.2 Å². The van der Waals surface area contributed by atoms with Gasteiger partial charge in [-0.1, -0.05) is 36.4 Å². The zero-order chi connectivity index (χ0) is 14.6. The van der Waals surface area contributed by atoms with Crippen LogP contribution in [0, 0.1) is 5.92 Å². The highest BCUT2D eigenvalue weighted by Crippen LogP contribution is 2.14. The van der Waals surface area contributed by atoms with Crippen molar-refractivity contribution < 1.29 is 9.53 Å². The number of benzene rings is 1. The molecule has 110 valence electrons. The van der Waals surface area contributed by atoms with Crippen molar-refractivity contribution in [1.29, 1.82) is 0 Å². The van der Waals surface area contributed by atoms with E-state index in [1.54, 1.807) is 6.92 Å². The van der Waals surface area contributed by atoms with Crippen molar-refractivity contribution in [1.82, 2.24) is 5.32 Å². The van der Waals surface area contributed by atoms with E-state index in [1.807, 2.05) is 12.1 Å². The van der Waals surface area contributed by atoms with Gasteiger partial charge in [0.2, 0.25) is 0 Å². The molecule has 20 heavy (non-hydrogen) atoms. The number of aryl methyl sites for hydroxylation is 1. The van der Waals surface area contributed by atoms with Crippen LogP contribution in [0.3, 0.4) is 0 Å². The van der Waals surface area contributed by atoms with Gasteiger partial charge in [0.1, 0.15) is 0 Å². The lowest BCUT2D eigenvalue weighted by Crippen LogP contribution is -2.29. The van der Waals surface area contributed by atoms with Crippen LogP contribution in [-0.4, -0.2) is 19.2 Å². The van der Waals surface area contributed by atoms with Crippen molar-refractivity contribution >= 4 is 6.09 Å². The number of carbonyl (C=O) groups is 1. The lowest BCUT2D eigenvalue weighted by Gasteiger charge is -2.15. The van der Waals surface area contributed by atoms with Crippen LogP contribution in [0.15, 0.2) is 43.0 Å². The highest BCUT2D eigenvalue weighted by atomic mass is 16.5. The molecule has 1 rings (SSSR count). The third-order valence-electron chi connectivity index (χ3n) is 3.23. The van der Waals surface area contributed by atoms with Crippen molar-refractivity contribution in [3.63, 3.8) is 0 Å². The smallest absolute Gasteiger partial charge is 0.407 e. The number of rotatable bonds is 9. The molecule has 0 saturated carbocycles. The Balaban J connectivity index is 2.27. The number of hydrogen-bond donors (Lipinski definition) is 1. The van der Waals surface area contributed by atoms with Crippen molar-refractivity contribution in [2.45, 2.75) is 32.6 Å². The molecule has 3 heteroatoms. The van der Waals surface area contributed by atoms with Crippen LogP contribution in [0.25, 0.3) is 0 Å². The minimum absolute atomic E-state index is 0.329. The van der Waals surface area contributed by atoms with Crippen molar-refractivity contribution in [3.05, 3.63) is 48.6 Å². The van der Waals surface area contributed by atoms with Gasteiger partial charge >= 0.3 is 6.09 Å². The number of amides is 1. The Bertz CT molecular complexity index is 389. The van der Waals surface area contributed by atoms with Crippen LogP contribution in [0.4, 0.5) is 4.79 Å². The fourth-order valence-corrected chi connectivity index (χ4v) is 2.19. The first-order valence-electron chi connectivity index (χ1n) is 7.31. The molecular formula is C17H25NO2. The van der Waals surface area contributed by atoms with Gasteiger partial charge in [-0.25, -0.2) is 4.79 Å². The van der Waals surface area contributed by atoms with Crippen molar-refractivity contribution in [2.24, 2.45) is 5.92 Å². The summed E-state index contributed by atoms with van der Waals surface area (Å²) in [4.78, 5) is 11.3. The summed E-state index contributed by atoms with van der Waals surface area (Å²) in [5.41, 5.74) is 1.36. The predicted octanol–water partition coefficient (Wildman–Crippen LogP) is 3.95. The van der Waals surface area contributed by atoms with Gasteiger partial charge in [0.05, 0.1) is 6.61 Å². The van der Waals surface area contributed by atoms with Gasteiger partial charge in [0.15, 0.2) is 0 Å².